The number of aromatic nitrogens is 3. The van der Waals surface area contributed by atoms with E-state index >= 15 is 0 Å². The summed E-state index contributed by atoms with van der Waals surface area (Å²) in [6, 6.07) is 15.1. The minimum absolute atomic E-state index is 0.206. The number of nitrogen functional groups attached to an aromatic ring is 1. The molecule has 1 unspecified atom stereocenters. The van der Waals surface area contributed by atoms with Crippen LogP contribution in [0.1, 0.15) is 23.6 Å². The second-order valence-electron chi connectivity index (χ2n) is 7.67. The topological polar surface area (TPSA) is 97.8 Å². The SMILES string of the molecule is Cc1ccc(-c2ccn3nc(N)nc3c2)cc1NC(=O)N1OCCC1c1cccc(F)c1. The molecule has 32 heavy (non-hydrogen) atoms. The quantitative estimate of drug-likeness (QED) is 0.502. The highest BCUT2D eigenvalue weighted by Gasteiger charge is 2.32. The van der Waals surface area contributed by atoms with Crippen molar-refractivity contribution >= 4 is 23.3 Å². The second-order valence-corrected chi connectivity index (χ2v) is 7.67. The van der Waals surface area contributed by atoms with Crippen molar-refractivity contribution in [2.24, 2.45) is 0 Å². The van der Waals surface area contributed by atoms with Gasteiger partial charge in [0.1, 0.15) is 5.82 Å². The van der Waals surface area contributed by atoms with Crippen LogP contribution in [-0.2, 0) is 4.84 Å². The number of carbonyl (C=O) groups is 1. The monoisotopic (exact) mass is 432 g/mol. The van der Waals surface area contributed by atoms with Crippen LogP contribution in [0.25, 0.3) is 16.8 Å². The number of fused-ring (bicyclic) bond motifs is 1. The van der Waals surface area contributed by atoms with E-state index in [1.54, 1.807) is 22.8 Å². The Balaban J connectivity index is 1.40. The van der Waals surface area contributed by atoms with Gasteiger partial charge in [-0.3, -0.25) is 4.84 Å². The maximum Gasteiger partial charge on any atom is 0.346 e. The molecule has 0 aliphatic carbocycles. The lowest BCUT2D eigenvalue weighted by atomic mass is 10.0. The van der Waals surface area contributed by atoms with Crippen molar-refractivity contribution in [3.8, 4) is 11.1 Å². The van der Waals surface area contributed by atoms with Crippen molar-refractivity contribution < 1.29 is 14.0 Å². The van der Waals surface area contributed by atoms with Crippen molar-refractivity contribution in [1.82, 2.24) is 19.7 Å². The Kier molecular flexibility index (Phi) is 4.95. The van der Waals surface area contributed by atoms with E-state index in [4.69, 9.17) is 10.6 Å². The highest BCUT2D eigenvalue weighted by molar-refractivity contribution is 5.91. The number of carbonyl (C=O) groups excluding carboxylic acids is 1. The molecule has 1 atom stereocenters. The summed E-state index contributed by atoms with van der Waals surface area (Å²) in [5.74, 6) is -0.137. The molecule has 2 aromatic heterocycles. The third-order valence-electron chi connectivity index (χ3n) is 5.50. The van der Waals surface area contributed by atoms with E-state index in [0.717, 1.165) is 16.7 Å². The summed E-state index contributed by atoms with van der Waals surface area (Å²) >= 11 is 0. The van der Waals surface area contributed by atoms with Crippen molar-refractivity contribution in [1.29, 1.82) is 0 Å². The number of pyridine rings is 1. The summed E-state index contributed by atoms with van der Waals surface area (Å²) < 4.78 is 15.3. The van der Waals surface area contributed by atoms with Gasteiger partial charge in [0.2, 0.25) is 5.95 Å². The van der Waals surface area contributed by atoms with Crippen LogP contribution in [-0.4, -0.2) is 32.3 Å². The number of nitrogens with one attached hydrogen (secondary N) is 1. The van der Waals surface area contributed by atoms with Crippen molar-refractivity contribution in [3.63, 3.8) is 0 Å². The highest BCUT2D eigenvalue weighted by atomic mass is 19.1. The molecule has 4 aromatic rings. The molecule has 2 amide bonds. The Labute approximate surface area is 183 Å². The average Bonchev–Trinajstić information content (AvgIpc) is 3.40. The predicted octanol–water partition coefficient (Wildman–Crippen LogP) is 4.34. The fourth-order valence-corrected chi connectivity index (χ4v) is 3.87. The summed E-state index contributed by atoms with van der Waals surface area (Å²) in [4.78, 5) is 22.8. The van der Waals surface area contributed by atoms with Gasteiger partial charge < -0.3 is 11.1 Å². The maximum absolute atomic E-state index is 13.7. The molecule has 3 heterocycles. The van der Waals surface area contributed by atoms with Gasteiger partial charge in [0.05, 0.1) is 12.6 Å². The highest BCUT2D eigenvalue weighted by Crippen LogP contribution is 2.32. The molecule has 1 saturated heterocycles. The van der Waals surface area contributed by atoms with Gasteiger partial charge in [-0.15, -0.1) is 5.10 Å². The lowest BCUT2D eigenvalue weighted by Crippen LogP contribution is -2.33. The number of urea groups is 1. The molecule has 2 aromatic carbocycles. The third-order valence-corrected chi connectivity index (χ3v) is 5.50. The van der Waals surface area contributed by atoms with Crippen LogP contribution in [0.3, 0.4) is 0 Å². The molecular formula is C23H21FN6O2. The van der Waals surface area contributed by atoms with E-state index < -0.39 is 6.03 Å². The first-order valence-corrected chi connectivity index (χ1v) is 10.2. The van der Waals surface area contributed by atoms with E-state index in [1.165, 1.54) is 17.2 Å². The third kappa shape index (κ3) is 3.74. The Morgan fingerprint density at radius 2 is 2.03 bits per heavy atom. The zero-order chi connectivity index (χ0) is 22.2. The van der Waals surface area contributed by atoms with Gasteiger partial charge in [0.15, 0.2) is 5.65 Å². The zero-order valence-corrected chi connectivity index (χ0v) is 17.3. The first kappa shape index (κ1) is 20.0. The van der Waals surface area contributed by atoms with Gasteiger partial charge in [-0.05, 0) is 59.5 Å². The molecule has 162 valence electrons. The molecule has 5 rings (SSSR count). The lowest BCUT2D eigenvalue weighted by molar-refractivity contribution is -0.0830. The number of halogens is 1. The number of hydroxylamine groups is 2. The van der Waals surface area contributed by atoms with E-state index in [-0.39, 0.29) is 17.8 Å². The number of rotatable bonds is 3. The van der Waals surface area contributed by atoms with E-state index in [2.05, 4.69) is 15.4 Å². The Morgan fingerprint density at radius 1 is 1.19 bits per heavy atom. The number of benzene rings is 2. The van der Waals surface area contributed by atoms with E-state index in [0.29, 0.717) is 29.9 Å². The molecule has 1 aliphatic rings. The van der Waals surface area contributed by atoms with Crippen LogP contribution in [0.4, 0.5) is 20.8 Å². The van der Waals surface area contributed by atoms with Gasteiger partial charge in [-0.1, -0.05) is 24.3 Å². The molecule has 0 spiro atoms. The van der Waals surface area contributed by atoms with Gasteiger partial charge in [-0.2, -0.15) is 10.0 Å². The first-order chi connectivity index (χ1) is 15.5. The number of aryl methyl sites for hydroxylation is 1. The number of nitrogens with zero attached hydrogens (tertiary/aromatic N) is 4. The fraction of sp³-hybridized carbons (Fsp3) is 0.174. The minimum atomic E-state index is -0.405. The van der Waals surface area contributed by atoms with Crippen LogP contribution >= 0.6 is 0 Å². The molecule has 1 aliphatic heterocycles. The van der Waals surface area contributed by atoms with Crippen molar-refractivity contribution in [2.75, 3.05) is 17.7 Å². The summed E-state index contributed by atoms with van der Waals surface area (Å²) in [5.41, 5.74) is 10.4. The lowest BCUT2D eigenvalue weighted by Gasteiger charge is -2.23. The van der Waals surface area contributed by atoms with Gasteiger partial charge in [0, 0.05) is 18.3 Å². The summed E-state index contributed by atoms with van der Waals surface area (Å²) in [6.45, 7) is 2.30. The van der Waals surface area contributed by atoms with Crippen LogP contribution in [0, 0.1) is 12.7 Å². The maximum atomic E-state index is 13.7. The second kappa shape index (κ2) is 7.93. The van der Waals surface area contributed by atoms with Crippen molar-refractivity contribution in [3.05, 3.63) is 77.7 Å². The van der Waals surface area contributed by atoms with E-state index in [1.807, 2.05) is 37.3 Å². The minimum Gasteiger partial charge on any atom is -0.366 e. The fourth-order valence-electron chi connectivity index (χ4n) is 3.87. The zero-order valence-electron chi connectivity index (χ0n) is 17.3. The number of nitrogens with two attached hydrogens (primary N) is 1. The average molecular weight is 432 g/mol. The smallest absolute Gasteiger partial charge is 0.346 e. The van der Waals surface area contributed by atoms with Crippen molar-refractivity contribution in [2.45, 2.75) is 19.4 Å². The molecule has 9 heteroatoms. The summed E-state index contributed by atoms with van der Waals surface area (Å²) in [5, 5.41) is 8.30. The number of hydrogen-bond acceptors (Lipinski definition) is 5. The number of amides is 2. The van der Waals surface area contributed by atoms with Gasteiger partial charge in [0.25, 0.3) is 0 Å². The van der Waals surface area contributed by atoms with E-state index in [9.17, 15) is 9.18 Å². The standard InChI is InChI=1S/C23H21FN6O2/c1-14-5-6-15(16-7-9-29-21(13-16)27-22(25)28-29)12-19(14)26-23(31)30-20(8-10-32-30)17-3-2-4-18(24)11-17/h2-7,9,11-13,20H,8,10H2,1H3,(H2,25,28)(H,26,31). The normalized spacial score (nSPS) is 15.9. The first-order valence-electron chi connectivity index (χ1n) is 10.2. The number of hydrogen-bond donors (Lipinski definition) is 2. The molecule has 3 N–H and O–H groups in total. The molecule has 0 bridgehead atoms. The van der Waals surface area contributed by atoms with Crippen LogP contribution in [0.2, 0.25) is 0 Å². The van der Waals surface area contributed by atoms with Gasteiger partial charge in [-0.25, -0.2) is 13.7 Å². The largest absolute Gasteiger partial charge is 0.366 e. The number of anilines is 2. The molecule has 8 nitrogen and oxygen atoms in total. The molecule has 1 fully saturated rings. The molecule has 0 radical (unpaired) electrons. The summed E-state index contributed by atoms with van der Waals surface area (Å²) in [6.07, 6.45) is 2.38. The van der Waals surface area contributed by atoms with Crippen LogP contribution in [0.15, 0.2) is 60.8 Å². The van der Waals surface area contributed by atoms with Gasteiger partial charge >= 0.3 is 6.03 Å². The van der Waals surface area contributed by atoms with Crippen LogP contribution in [0.5, 0.6) is 0 Å². The Bertz CT molecular complexity index is 1320. The van der Waals surface area contributed by atoms with Crippen LogP contribution < -0.4 is 11.1 Å². The predicted molar refractivity (Wildman–Crippen MR) is 118 cm³/mol. The summed E-state index contributed by atoms with van der Waals surface area (Å²) in [7, 11) is 0. The Hall–Kier alpha value is -3.98. The molecular weight excluding hydrogens is 411 g/mol. The molecule has 0 saturated carbocycles. The Morgan fingerprint density at radius 3 is 2.88 bits per heavy atom.